The maximum atomic E-state index is 11.8. The molecule has 1 rings (SSSR count). The zero-order chi connectivity index (χ0) is 13.4. The third-order valence-corrected chi connectivity index (χ3v) is 2.33. The Morgan fingerprint density at radius 1 is 1.28 bits per heavy atom. The van der Waals surface area contributed by atoms with Gasteiger partial charge in [-0.25, -0.2) is 0 Å². The van der Waals surface area contributed by atoms with Gasteiger partial charge < -0.3 is 9.47 Å². The van der Waals surface area contributed by atoms with Gasteiger partial charge in [0.15, 0.2) is 0 Å². The molecule has 0 saturated heterocycles. The second kappa shape index (κ2) is 7.42. The summed E-state index contributed by atoms with van der Waals surface area (Å²) in [6.07, 6.45) is 3.13. The monoisotopic (exact) mass is 251 g/mol. The molecule has 0 bridgehead atoms. The number of hydrogen-bond acceptors (Lipinski definition) is 5. The Morgan fingerprint density at radius 3 is 2.56 bits per heavy atom. The lowest BCUT2D eigenvalue weighted by Crippen LogP contribution is -2.20. The summed E-state index contributed by atoms with van der Waals surface area (Å²) in [6.45, 7) is 4.02. The number of nitrogens with zero attached hydrogens (tertiary/aromatic N) is 1. The van der Waals surface area contributed by atoms with Gasteiger partial charge >= 0.3 is 11.9 Å². The Balaban J connectivity index is 2.82. The number of carbonyl (C=O) groups is 2. The summed E-state index contributed by atoms with van der Waals surface area (Å²) in [5.74, 6) is -1.50. The van der Waals surface area contributed by atoms with Crippen LogP contribution in [-0.2, 0) is 19.1 Å². The van der Waals surface area contributed by atoms with E-state index in [1.165, 1.54) is 0 Å². The van der Waals surface area contributed by atoms with Crippen LogP contribution in [0.25, 0.3) is 0 Å². The zero-order valence-electron chi connectivity index (χ0n) is 10.6. The van der Waals surface area contributed by atoms with Gasteiger partial charge in [0.05, 0.1) is 25.6 Å². The molecule has 0 aliphatic heterocycles. The van der Waals surface area contributed by atoms with Gasteiger partial charge in [0.1, 0.15) is 0 Å². The quantitative estimate of drug-likeness (QED) is 0.720. The van der Waals surface area contributed by atoms with Crippen LogP contribution in [0.1, 0.15) is 31.7 Å². The summed E-state index contributed by atoms with van der Waals surface area (Å²) in [7, 11) is 0. The maximum Gasteiger partial charge on any atom is 0.314 e. The lowest BCUT2D eigenvalue weighted by atomic mass is 9.97. The van der Waals surface area contributed by atoms with E-state index in [4.69, 9.17) is 9.47 Å². The van der Waals surface area contributed by atoms with Crippen LogP contribution in [-0.4, -0.2) is 30.1 Å². The maximum absolute atomic E-state index is 11.8. The number of hydrogen-bond donors (Lipinski definition) is 0. The molecule has 0 fully saturated rings. The van der Waals surface area contributed by atoms with Gasteiger partial charge in [0, 0.05) is 12.4 Å². The lowest BCUT2D eigenvalue weighted by molar-refractivity contribution is -0.151. The van der Waals surface area contributed by atoms with Crippen LogP contribution in [0.4, 0.5) is 0 Å². The van der Waals surface area contributed by atoms with Gasteiger partial charge in [0.25, 0.3) is 0 Å². The van der Waals surface area contributed by atoms with Crippen molar-refractivity contribution in [3.8, 4) is 0 Å². The molecule has 0 aromatic carbocycles. The van der Waals surface area contributed by atoms with Gasteiger partial charge in [-0.05, 0) is 25.5 Å². The summed E-state index contributed by atoms with van der Waals surface area (Å²) in [6, 6.07) is 3.46. The molecule has 0 N–H and O–H groups in total. The standard InChI is InChI=1S/C13H17NO4/c1-3-17-12(15)8-11(13(16)18-4-2)10-6-5-7-14-9-10/h5-7,9,11H,3-4,8H2,1-2H3. The smallest absolute Gasteiger partial charge is 0.314 e. The van der Waals surface area contributed by atoms with Crippen LogP contribution in [0, 0.1) is 0 Å². The highest BCUT2D eigenvalue weighted by Crippen LogP contribution is 2.21. The van der Waals surface area contributed by atoms with Crippen molar-refractivity contribution in [1.29, 1.82) is 0 Å². The van der Waals surface area contributed by atoms with Gasteiger partial charge in [-0.3, -0.25) is 14.6 Å². The molecule has 1 unspecified atom stereocenters. The van der Waals surface area contributed by atoms with Crippen LogP contribution in [0.5, 0.6) is 0 Å². The summed E-state index contributed by atoms with van der Waals surface area (Å²) < 4.78 is 9.82. The van der Waals surface area contributed by atoms with E-state index in [0.717, 1.165) is 0 Å². The minimum Gasteiger partial charge on any atom is -0.466 e. The molecule has 0 radical (unpaired) electrons. The van der Waals surface area contributed by atoms with Gasteiger partial charge in [0.2, 0.25) is 0 Å². The van der Waals surface area contributed by atoms with Crippen LogP contribution < -0.4 is 0 Å². The highest BCUT2D eigenvalue weighted by molar-refractivity contribution is 5.84. The third kappa shape index (κ3) is 4.16. The van der Waals surface area contributed by atoms with Crippen LogP contribution in [0.2, 0.25) is 0 Å². The van der Waals surface area contributed by atoms with E-state index in [-0.39, 0.29) is 13.0 Å². The number of esters is 2. The summed E-state index contributed by atoms with van der Waals surface area (Å²) in [5.41, 5.74) is 0.656. The molecule has 98 valence electrons. The Hall–Kier alpha value is -1.91. The number of pyridine rings is 1. The molecule has 1 aromatic heterocycles. The first-order chi connectivity index (χ1) is 8.69. The van der Waals surface area contributed by atoms with Crippen molar-refractivity contribution in [2.45, 2.75) is 26.2 Å². The highest BCUT2D eigenvalue weighted by Gasteiger charge is 2.25. The highest BCUT2D eigenvalue weighted by atomic mass is 16.5. The molecule has 0 spiro atoms. The molecule has 5 heteroatoms. The summed E-state index contributed by atoms with van der Waals surface area (Å²) in [5, 5.41) is 0. The van der Waals surface area contributed by atoms with E-state index in [2.05, 4.69) is 4.98 Å². The van der Waals surface area contributed by atoms with Crippen LogP contribution in [0.15, 0.2) is 24.5 Å². The molecule has 18 heavy (non-hydrogen) atoms. The number of rotatable bonds is 6. The zero-order valence-corrected chi connectivity index (χ0v) is 10.6. The first-order valence-corrected chi connectivity index (χ1v) is 5.91. The number of ether oxygens (including phenoxy) is 2. The third-order valence-electron chi connectivity index (χ3n) is 2.33. The van der Waals surface area contributed by atoms with Crippen molar-refractivity contribution in [3.63, 3.8) is 0 Å². The molecule has 0 amide bonds. The van der Waals surface area contributed by atoms with E-state index in [1.807, 2.05) is 0 Å². The van der Waals surface area contributed by atoms with Crippen molar-refractivity contribution >= 4 is 11.9 Å². The Labute approximate surface area is 106 Å². The number of carbonyl (C=O) groups excluding carboxylic acids is 2. The second-order valence-corrected chi connectivity index (χ2v) is 3.60. The lowest BCUT2D eigenvalue weighted by Gasteiger charge is -2.14. The minimum absolute atomic E-state index is 0.0294. The molecular formula is C13H17NO4. The molecule has 0 aliphatic carbocycles. The first kappa shape index (κ1) is 14.2. The average molecular weight is 251 g/mol. The fraction of sp³-hybridized carbons (Fsp3) is 0.462. The minimum atomic E-state index is -0.655. The van der Waals surface area contributed by atoms with Crippen molar-refractivity contribution in [3.05, 3.63) is 30.1 Å². The normalized spacial score (nSPS) is 11.7. The molecule has 1 heterocycles. The Morgan fingerprint density at radius 2 is 2.00 bits per heavy atom. The Bertz CT molecular complexity index is 391. The fourth-order valence-electron chi connectivity index (χ4n) is 1.55. The van der Waals surface area contributed by atoms with Gasteiger partial charge in [-0.15, -0.1) is 0 Å². The number of aromatic nitrogens is 1. The van der Waals surface area contributed by atoms with Crippen molar-refractivity contribution < 1.29 is 19.1 Å². The topological polar surface area (TPSA) is 65.5 Å². The second-order valence-electron chi connectivity index (χ2n) is 3.60. The SMILES string of the molecule is CCOC(=O)CC(C(=O)OCC)c1cccnc1. The van der Waals surface area contributed by atoms with Gasteiger partial charge in [-0.2, -0.15) is 0 Å². The predicted octanol–water partition coefficient (Wildman–Crippen LogP) is 1.68. The van der Waals surface area contributed by atoms with Crippen molar-refractivity contribution in [2.24, 2.45) is 0 Å². The first-order valence-electron chi connectivity index (χ1n) is 5.91. The van der Waals surface area contributed by atoms with Gasteiger partial charge in [-0.1, -0.05) is 6.07 Å². The molecular weight excluding hydrogens is 234 g/mol. The van der Waals surface area contributed by atoms with E-state index < -0.39 is 17.9 Å². The molecule has 0 aliphatic rings. The largest absolute Gasteiger partial charge is 0.466 e. The summed E-state index contributed by atoms with van der Waals surface area (Å²) >= 11 is 0. The Kier molecular flexibility index (Phi) is 5.84. The summed E-state index contributed by atoms with van der Waals surface area (Å²) in [4.78, 5) is 27.3. The van der Waals surface area contributed by atoms with E-state index in [9.17, 15) is 9.59 Å². The molecule has 5 nitrogen and oxygen atoms in total. The van der Waals surface area contributed by atoms with E-state index in [0.29, 0.717) is 12.2 Å². The van der Waals surface area contributed by atoms with Crippen LogP contribution >= 0.6 is 0 Å². The fourth-order valence-corrected chi connectivity index (χ4v) is 1.55. The van der Waals surface area contributed by atoms with E-state index >= 15 is 0 Å². The van der Waals surface area contributed by atoms with Crippen molar-refractivity contribution in [2.75, 3.05) is 13.2 Å². The molecule has 1 atom stereocenters. The predicted molar refractivity (Wildman–Crippen MR) is 64.9 cm³/mol. The van der Waals surface area contributed by atoms with Crippen LogP contribution in [0.3, 0.4) is 0 Å². The van der Waals surface area contributed by atoms with Crippen molar-refractivity contribution in [1.82, 2.24) is 4.98 Å². The molecule has 0 saturated carbocycles. The molecule has 1 aromatic rings. The van der Waals surface area contributed by atoms with E-state index in [1.54, 1.807) is 38.4 Å². The average Bonchev–Trinajstić information content (AvgIpc) is 2.37.